The molecule has 0 aliphatic carbocycles. The van der Waals surface area contributed by atoms with E-state index in [2.05, 4.69) is 20.6 Å². The molecule has 0 bridgehead atoms. The van der Waals surface area contributed by atoms with Gasteiger partial charge in [-0.15, -0.1) is 11.3 Å². The molecule has 1 saturated heterocycles. The van der Waals surface area contributed by atoms with Crippen molar-refractivity contribution in [2.45, 2.75) is 31.9 Å². The lowest BCUT2D eigenvalue weighted by Crippen LogP contribution is -2.39. The summed E-state index contributed by atoms with van der Waals surface area (Å²) in [6.07, 6.45) is -0.982. The monoisotopic (exact) mass is 408 g/mol. The van der Waals surface area contributed by atoms with Crippen molar-refractivity contribution in [1.29, 1.82) is 0 Å². The lowest BCUT2D eigenvalue weighted by Gasteiger charge is -2.21. The predicted octanol–water partition coefficient (Wildman–Crippen LogP) is 2.70. The maximum atomic E-state index is 12.5. The lowest BCUT2D eigenvalue weighted by atomic mass is 10.0. The summed E-state index contributed by atoms with van der Waals surface area (Å²) in [6.45, 7) is 4.30. The molecule has 10 heteroatoms. The van der Waals surface area contributed by atoms with Crippen molar-refractivity contribution in [3.8, 4) is 0 Å². The number of aliphatic imine (C=N–C) groups is 1. The number of halogens is 3. The first-order chi connectivity index (χ1) is 13.0. The molecule has 1 aliphatic heterocycles. The Kier molecular flexibility index (Phi) is 9.29. The van der Waals surface area contributed by atoms with Crippen LogP contribution < -0.4 is 10.6 Å². The molecule has 0 atom stereocenters. The van der Waals surface area contributed by atoms with Crippen molar-refractivity contribution in [3.63, 3.8) is 0 Å². The van der Waals surface area contributed by atoms with E-state index in [4.69, 9.17) is 9.47 Å². The van der Waals surface area contributed by atoms with Crippen LogP contribution in [0.5, 0.6) is 0 Å². The second-order valence-electron chi connectivity index (χ2n) is 6.28. The molecular formula is C17H27F3N4O2S. The number of thiazole rings is 1. The molecule has 0 spiro atoms. The first-order valence-electron chi connectivity index (χ1n) is 9.10. The summed E-state index contributed by atoms with van der Waals surface area (Å²) >= 11 is 1.02. The number of rotatable bonds is 9. The first kappa shape index (κ1) is 21.9. The van der Waals surface area contributed by atoms with Gasteiger partial charge < -0.3 is 20.1 Å². The molecule has 0 aromatic carbocycles. The molecule has 0 radical (unpaired) electrons. The highest BCUT2D eigenvalue weighted by molar-refractivity contribution is 7.09. The van der Waals surface area contributed by atoms with Crippen molar-refractivity contribution < 1.29 is 22.6 Å². The highest BCUT2D eigenvalue weighted by Gasteiger charge is 2.33. The van der Waals surface area contributed by atoms with Crippen LogP contribution in [0.15, 0.2) is 10.4 Å². The van der Waals surface area contributed by atoms with E-state index in [-0.39, 0.29) is 0 Å². The fraction of sp³-hybridized carbons (Fsp3) is 0.765. The topological polar surface area (TPSA) is 67.8 Å². The number of aromatic nitrogens is 1. The van der Waals surface area contributed by atoms with Gasteiger partial charge in [0.2, 0.25) is 0 Å². The fourth-order valence-electron chi connectivity index (χ4n) is 2.61. The fourth-order valence-corrected chi connectivity index (χ4v) is 3.41. The Bertz CT molecular complexity index is 575. The quantitative estimate of drug-likeness (QED) is 0.374. The third-order valence-corrected chi connectivity index (χ3v) is 5.06. The van der Waals surface area contributed by atoms with Gasteiger partial charge in [0.25, 0.3) is 0 Å². The van der Waals surface area contributed by atoms with Gasteiger partial charge in [0.15, 0.2) is 11.7 Å². The molecule has 1 aromatic heterocycles. The zero-order valence-electron chi connectivity index (χ0n) is 15.5. The molecular weight excluding hydrogens is 381 g/mol. The van der Waals surface area contributed by atoms with Gasteiger partial charge in [0, 0.05) is 58.4 Å². The minimum Gasteiger partial charge on any atom is -0.381 e. The van der Waals surface area contributed by atoms with E-state index in [0.717, 1.165) is 55.8 Å². The number of alkyl halides is 3. The Labute approximate surface area is 161 Å². The molecule has 154 valence electrons. The number of hydrogen-bond donors (Lipinski definition) is 2. The van der Waals surface area contributed by atoms with Crippen LogP contribution in [0.25, 0.3) is 0 Å². The SMILES string of the molecule is CN=C(NCCCOCC1CCOCC1)NCCc1nc(C(F)(F)F)cs1. The van der Waals surface area contributed by atoms with Gasteiger partial charge in [-0.25, -0.2) is 4.98 Å². The van der Waals surface area contributed by atoms with Crippen LogP contribution in [0.2, 0.25) is 0 Å². The maximum Gasteiger partial charge on any atom is 0.434 e. The van der Waals surface area contributed by atoms with Crippen LogP contribution >= 0.6 is 11.3 Å². The Morgan fingerprint density at radius 2 is 2.07 bits per heavy atom. The summed E-state index contributed by atoms with van der Waals surface area (Å²) < 4.78 is 48.6. The van der Waals surface area contributed by atoms with Crippen LogP contribution in [0.1, 0.15) is 30.0 Å². The minimum atomic E-state index is -4.38. The smallest absolute Gasteiger partial charge is 0.381 e. The lowest BCUT2D eigenvalue weighted by molar-refractivity contribution is -0.140. The normalized spacial score (nSPS) is 16.5. The van der Waals surface area contributed by atoms with E-state index in [0.29, 0.717) is 43.0 Å². The highest BCUT2D eigenvalue weighted by Crippen LogP contribution is 2.29. The van der Waals surface area contributed by atoms with Crippen LogP contribution in [0.3, 0.4) is 0 Å². The molecule has 0 unspecified atom stereocenters. The average Bonchev–Trinajstić information content (AvgIpc) is 3.13. The van der Waals surface area contributed by atoms with Crippen molar-refractivity contribution >= 4 is 17.3 Å². The Morgan fingerprint density at radius 1 is 1.33 bits per heavy atom. The summed E-state index contributed by atoms with van der Waals surface area (Å²) in [6, 6.07) is 0. The van der Waals surface area contributed by atoms with Crippen molar-refractivity contribution in [2.24, 2.45) is 10.9 Å². The van der Waals surface area contributed by atoms with Gasteiger partial charge in [-0.1, -0.05) is 0 Å². The van der Waals surface area contributed by atoms with Crippen molar-refractivity contribution in [1.82, 2.24) is 15.6 Å². The Hall–Kier alpha value is -1.39. The number of nitrogens with zero attached hydrogens (tertiary/aromatic N) is 2. The molecule has 2 heterocycles. The number of nitrogens with one attached hydrogen (secondary N) is 2. The molecule has 27 heavy (non-hydrogen) atoms. The molecule has 0 amide bonds. The van der Waals surface area contributed by atoms with E-state index in [1.165, 1.54) is 0 Å². The number of guanidine groups is 1. The summed E-state index contributed by atoms with van der Waals surface area (Å²) in [7, 11) is 1.65. The Balaban J connectivity index is 1.53. The largest absolute Gasteiger partial charge is 0.434 e. The van der Waals surface area contributed by atoms with Crippen molar-refractivity contribution in [3.05, 3.63) is 16.1 Å². The van der Waals surface area contributed by atoms with E-state index in [9.17, 15) is 13.2 Å². The van der Waals surface area contributed by atoms with Gasteiger partial charge in [-0.3, -0.25) is 4.99 Å². The van der Waals surface area contributed by atoms with Crippen LogP contribution in [-0.2, 0) is 22.1 Å². The van der Waals surface area contributed by atoms with Crippen LogP contribution in [0, 0.1) is 5.92 Å². The zero-order valence-corrected chi connectivity index (χ0v) is 16.3. The molecule has 0 saturated carbocycles. The standard InChI is InChI=1S/C17H27F3N4O2S/c1-21-16(22-6-2-8-26-11-13-4-9-25-10-5-13)23-7-3-15-24-14(12-27-15)17(18,19)20/h12-13H,2-11H2,1H3,(H2,21,22,23). The summed E-state index contributed by atoms with van der Waals surface area (Å²) in [5.41, 5.74) is -0.828. The Morgan fingerprint density at radius 3 is 2.74 bits per heavy atom. The van der Waals surface area contributed by atoms with Gasteiger partial charge in [0.05, 0.1) is 5.01 Å². The van der Waals surface area contributed by atoms with E-state index >= 15 is 0 Å². The second kappa shape index (κ2) is 11.5. The van der Waals surface area contributed by atoms with Gasteiger partial charge >= 0.3 is 6.18 Å². The van der Waals surface area contributed by atoms with Crippen LogP contribution in [-0.4, -0.2) is 57.5 Å². The van der Waals surface area contributed by atoms with Crippen molar-refractivity contribution in [2.75, 3.05) is 46.6 Å². The minimum absolute atomic E-state index is 0.412. The maximum absolute atomic E-state index is 12.5. The van der Waals surface area contributed by atoms with Gasteiger partial charge in [-0.2, -0.15) is 13.2 Å². The van der Waals surface area contributed by atoms with Crippen LogP contribution in [0.4, 0.5) is 13.2 Å². The van der Waals surface area contributed by atoms with E-state index in [1.54, 1.807) is 7.05 Å². The molecule has 1 aliphatic rings. The van der Waals surface area contributed by atoms with Gasteiger partial charge in [0.1, 0.15) is 0 Å². The summed E-state index contributed by atoms with van der Waals surface area (Å²) in [5.74, 6) is 1.22. The molecule has 2 N–H and O–H groups in total. The third-order valence-electron chi connectivity index (χ3n) is 4.15. The van der Waals surface area contributed by atoms with E-state index < -0.39 is 11.9 Å². The summed E-state index contributed by atoms with van der Waals surface area (Å²) in [5, 5.41) is 7.74. The molecule has 1 aromatic rings. The first-order valence-corrected chi connectivity index (χ1v) is 9.98. The molecule has 2 rings (SSSR count). The molecule has 6 nitrogen and oxygen atoms in total. The number of hydrogen-bond acceptors (Lipinski definition) is 5. The zero-order chi connectivity index (χ0) is 19.5. The number of ether oxygens (including phenoxy) is 2. The highest BCUT2D eigenvalue weighted by atomic mass is 32.1. The second-order valence-corrected chi connectivity index (χ2v) is 7.23. The van der Waals surface area contributed by atoms with E-state index in [1.807, 2.05) is 0 Å². The average molecular weight is 408 g/mol. The molecule has 1 fully saturated rings. The van der Waals surface area contributed by atoms with Gasteiger partial charge in [-0.05, 0) is 25.2 Å². The predicted molar refractivity (Wildman–Crippen MR) is 99.2 cm³/mol. The third kappa shape index (κ3) is 8.44. The summed E-state index contributed by atoms with van der Waals surface area (Å²) in [4.78, 5) is 7.71.